The zero-order valence-electron chi connectivity index (χ0n) is 10.2. The van der Waals surface area contributed by atoms with E-state index in [1.165, 1.54) is 4.90 Å². The quantitative estimate of drug-likeness (QED) is 0.704. The van der Waals surface area contributed by atoms with E-state index < -0.39 is 17.6 Å². The van der Waals surface area contributed by atoms with E-state index in [4.69, 9.17) is 5.11 Å². The van der Waals surface area contributed by atoms with Gasteiger partial charge in [-0.1, -0.05) is 12.8 Å². The molecule has 5 nitrogen and oxygen atoms in total. The SMILES string of the molecule is CN1C(=O)[C@]2(CCCC[C@H]1C(=O)O)CCCN2. The molecule has 5 heteroatoms. The molecule has 2 rings (SSSR count). The highest BCUT2D eigenvalue weighted by Crippen LogP contribution is 2.31. The Morgan fingerprint density at radius 3 is 2.71 bits per heavy atom. The fourth-order valence-corrected chi connectivity index (χ4v) is 3.04. The van der Waals surface area contributed by atoms with Crippen molar-refractivity contribution in [2.45, 2.75) is 50.1 Å². The second kappa shape index (κ2) is 4.64. The monoisotopic (exact) mass is 240 g/mol. The lowest BCUT2D eigenvalue weighted by atomic mass is 9.86. The highest BCUT2D eigenvalue weighted by atomic mass is 16.4. The number of rotatable bonds is 1. The number of hydrogen-bond donors (Lipinski definition) is 2. The van der Waals surface area contributed by atoms with E-state index in [1.807, 2.05) is 0 Å². The normalized spacial score (nSPS) is 34.8. The molecule has 2 atom stereocenters. The van der Waals surface area contributed by atoms with E-state index in [0.29, 0.717) is 6.42 Å². The Morgan fingerprint density at radius 1 is 1.41 bits per heavy atom. The number of carbonyl (C=O) groups is 2. The lowest BCUT2D eigenvalue weighted by molar-refractivity contribution is -0.153. The number of carboxylic acid groups (broad SMARTS) is 1. The number of likely N-dealkylation sites (N-methyl/N-ethyl adjacent to an activating group) is 1. The van der Waals surface area contributed by atoms with Crippen LogP contribution in [0.5, 0.6) is 0 Å². The first-order chi connectivity index (χ1) is 8.07. The highest BCUT2D eigenvalue weighted by Gasteiger charge is 2.45. The van der Waals surface area contributed by atoms with Crippen LogP contribution in [0, 0.1) is 0 Å². The summed E-state index contributed by atoms with van der Waals surface area (Å²) in [5.74, 6) is -0.932. The van der Waals surface area contributed by atoms with Gasteiger partial charge in [0.25, 0.3) is 0 Å². The van der Waals surface area contributed by atoms with Crippen molar-refractivity contribution in [3.8, 4) is 0 Å². The molecule has 96 valence electrons. The molecule has 0 radical (unpaired) electrons. The summed E-state index contributed by atoms with van der Waals surface area (Å²) in [5, 5.41) is 12.5. The van der Waals surface area contributed by atoms with E-state index in [1.54, 1.807) is 7.05 Å². The minimum absolute atomic E-state index is 0.0397. The van der Waals surface area contributed by atoms with Gasteiger partial charge in [0.1, 0.15) is 6.04 Å². The molecule has 0 aromatic rings. The molecule has 2 fully saturated rings. The van der Waals surface area contributed by atoms with Crippen LogP contribution in [0.1, 0.15) is 38.5 Å². The Balaban J connectivity index is 2.22. The van der Waals surface area contributed by atoms with Crippen LogP contribution in [0.15, 0.2) is 0 Å². The van der Waals surface area contributed by atoms with Crippen molar-refractivity contribution in [2.24, 2.45) is 0 Å². The molecule has 0 aliphatic carbocycles. The topological polar surface area (TPSA) is 69.6 Å². The van der Waals surface area contributed by atoms with Crippen LogP contribution in [-0.4, -0.2) is 47.1 Å². The van der Waals surface area contributed by atoms with Crippen molar-refractivity contribution in [1.82, 2.24) is 10.2 Å². The second-order valence-corrected chi connectivity index (χ2v) is 5.13. The lowest BCUT2D eigenvalue weighted by Crippen LogP contribution is -2.58. The van der Waals surface area contributed by atoms with Crippen molar-refractivity contribution < 1.29 is 14.7 Å². The van der Waals surface area contributed by atoms with Crippen molar-refractivity contribution >= 4 is 11.9 Å². The van der Waals surface area contributed by atoms with Gasteiger partial charge in [-0.15, -0.1) is 0 Å². The average Bonchev–Trinajstić information content (AvgIpc) is 2.75. The fourth-order valence-electron chi connectivity index (χ4n) is 3.04. The van der Waals surface area contributed by atoms with E-state index >= 15 is 0 Å². The van der Waals surface area contributed by atoms with E-state index in [2.05, 4.69) is 5.32 Å². The molecule has 2 aliphatic rings. The van der Waals surface area contributed by atoms with E-state index in [0.717, 1.165) is 38.6 Å². The van der Waals surface area contributed by atoms with Gasteiger partial charge in [-0.2, -0.15) is 0 Å². The van der Waals surface area contributed by atoms with Gasteiger partial charge in [-0.3, -0.25) is 4.79 Å². The Kier molecular flexibility index (Phi) is 3.38. The van der Waals surface area contributed by atoms with Crippen molar-refractivity contribution in [3.05, 3.63) is 0 Å². The summed E-state index contributed by atoms with van der Waals surface area (Å²) in [5.41, 5.74) is -0.483. The van der Waals surface area contributed by atoms with Crippen LogP contribution < -0.4 is 5.32 Å². The smallest absolute Gasteiger partial charge is 0.326 e. The fraction of sp³-hybridized carbons (Fsp3) is 0.833. The van der Waals surface area contributed by atoms with Crippen LogP contribution in [0.3, 0.4) is 0 Å². The number of hydrogen-bond acceptors (Lipinski definition) is 3. The Bertz CT molecular complexity index is 324. The molecule has 0 aromatic carbocycles. The number of nitrogens with zero attached hydrogens (tertiary/aromatic N) is 1. The van der Waals surface area contributed by atoms with Gasteiger partial charge in [0.15, 0.2) is 0 Å². The third kappa shape index (κ3) is 2.16. The minimum atomic E-state index is -0.893. The van der Waals surface area contributed by atoms with E-state index in [-0.39, 0.29) is 5.91 Å². The Labute approximate surface area is 101 Å². The highest BCUT2D eigenvalue weighted by molar-refractivity contribution is 5.90. The number of carboxylic acids is 1. The molecule has 2 aliphatic heterocycles. The maximum absolute atomic E-state index is 12.4. The van der Waals surface area contributed by atoms with Crippen molar-refractivity contribution in [1.29, 1.82) is 0 Å². The second-order valence-electron chi connectivity index (χ2n) is 5.13. The van der Waals surface area contributed by atoms with Gasteiger partial charge >= 0.3 is 5.97 Å². The predicted molar refractivity (Wildman–Crippen MR) is 62.6 cm³/mol. The van der Waals surface area contributed by atoms with Crippen LogP contribution in [-0.2, 0) is 9.59 Å². The van der Waals surface area contributed by atoms with Gasteiger partial charge in [0.2, 0.25) is 5.91 Å². The number of carbonyl (C=O) groups excluding carboxylic acids is 1. The molecule has 2 heterocycles. The van der Waals surface area contributed by atoms with Gasteiger partial charge in [-0.05, 0) is 32.2 Å². The molecular weight excluding hydrogens is 220 g/mol. The Hall–Kier alpha value is -1.10. The summed E-state index contributed by atoms with van der Waals surface area (Å²) in [6, 6.07) is -0.665. The number of amides is 1. The minimum Gasteiger partial charge on any atom is -0.480 e. The first-order valence-electron chi connectivity index (χ1n) is 6.32. The Morgan fingerprint density at radius 2 is 2.12 bits per heavy atom. The summed E-state index contributed by atoms with van der Waals surface area (Å²) < 4.78 is 0. The molecule has 0 saturated carbocycles. The standard InChI is InChI=1S/C12H20N2O3/c1-14-9(10(15)16)5-2-3-6-12(11(14)17)7-4-8-13-12/h9,13H,2-8H2,1H3,(H,15,16)/t9-,12-/m0/s1. The largest absolute Gasteiger partial charge is 0.480 e. The first-order valence-corrected chi connectivity index (χ1v) is 6.32. The third-order valence-corrected chi connectivity index (χ3v) is 4.06. The van der Waals surface area contributed by atoms with Crippen LogP contribution >= 0.6 is 0 Å². The number of likely N-dealkylation sites (tertiary alicyclic amines) is 1. The zero-order valence-corrected chi connectivity index (χ0v) is 10.2. The number of aliphatic carboxylic acids is 1. The van der Waals surface area contributed by atoms with Gasteiger partial charge in [-0.25, -0.2) is 4.79 Å². The molecule has 0 unspecified atom stereocenters. The van der Waals surface area contributed by atoms with Crippen LogP contribution in [0.4, 0.5) is 0 Å². The summed E-state index contributed by atoms with van der Waals surface area (Å²) in [6.07, 6.45) is 5.03. The maximum atomic E-state index is 12.4. The maximum Gasteiger partial charge on any atom is 0.326 e. The molecule has 1 amide bonds. The van der Waals surface area contributed by atoms with Crippen molar-refractivity contribution in [2.75, 3.05) is 13.6 Å². The predicted octanol–water partition coefficient (Wildman–Crippen LogP) is 0.594. The molecule has 2 saturated heterocycles. The number of nitrogens with one attached hydrogen (secondary N) is 1. The molecule has 17 heavy (non-hydrogen) atoms. The van der Waals surface area contributed by atoms with Crippen LogP contribution in [0.2, 0.25) is 0 Å². The molecule has 1 spiro atoms. The van der Waals surface area contributed by atoms with Crippen LogP contribution in [0.25, 0.3) is 0 Å². The first kappa shape index (κ1) is 12.4. The van der Waals surface area contributed by atoms with Gasteiger partial charge in [0, 0.05) is 7.05 Å². The summed E-state index contributed by atoms with van der Waals surface area (Å²) in [4.78, 5) is 25.0. The molecule has 0 bridgehead atoms. The van der Waals surface area contributed by atoms with Gasteiger partial charge in [0.05, 0.1) is 5.54 Å². The summed E-state index contributed by atoms with van der Waals surface area (Å²) in [7, 11) is 1.62. The molecule has 2 N–H and O–H groups in total. The van der Waals surface area contributed by atoms with Crippen molar-refractivity contribution in [3.63, 3.8) is 0 Å². The zero-order chi connectivity index (χ0) is 12.5. The molecule has 0 aromatic heterocycles. The van der Waals surface area contributed by atoms with Gasteiger partial charge < -0.3 is 15.3 Å². The van der Waals surface area contributed by atoms with E-state index in [9.17, 15) is 9.59 Å². The lowest BCUT2D eigenvalue weighted by Gasteiger charge is -2.37. The third-order valence-electron chi connectivity index (χ3n) is 4.06. The average molecular weight is 240 g/mol. The summed E-state index contributed by atoms with van der Waals surface area (Å²) >= 11 is 0. The summed E-state index contributed by atoms with van der Waals surface area (Å²) in [6.45, 7) is 0.858. The molecular formula is C12H20N2O3.